The van der Waals surface area contributed by atoms with Crippen LogP contribution in [-0.4, -0.2) is 26.2 Å². The Hall–Kier alpha value is -5.36. The molecule has 0 unspecified atom stereocenters. The molecule has 0 spiro atoms. The van der Waals surface area contributed by atoms with Gasteiger partial charge < -0.3 is 19.3 Å². The molecule has 0 bridgehead atoms. The second-order valence-corrected chi connectivity index (χ2v) is 9.66. The highest BCUT2D eigenvalue weighted by molar-refractivity contribution is 5.85. The van der Waals surface area contributed by atoms with E-state index in [0.717, 1.165) is 45.3 Å². The van der Waals surface area contributed by atoms with Crippen molar-refractivity contribution in [1.82, 2.24) is 0 Å². The van der Waals surface area contributed by atoms with Gasteiger partial charge in [-0.05, 0) is 77.9 Å². The van der Waals surface area contributed by atoms with E-state index in [4.69, 9.17) is 9.47 Å². The highest BCUT2D eigenvalue weighted by atomic mass is 16.5. The van der Waals surface area contributed by atoms with E-state index in [1.165, 1.54) is 14.2 Å². The molecule has 0 aromatic heterocycles. The van der Waals surface area contributed by atoms with Crippen LogP contribution < -0.4 is 9.80 Å². The lowest BCUT2D eigenvalue weighted by atomic mass is 10.0. The molecule has 0 saturated heterocycles. The van der Waals surface area contributed by atoms with Gasteiger partial charge in [-0.2, -0.15) is 0 Å². The molecule has 0 fully saturated rings. The number of para-hydroxylation sites is 3. The van der Waals surface area contributed by atoms with Gasteiger partial charge in [-0.3, -0.25) is 9.59 Å². The van der Waals surface area contributed by atoms with Gasteiger partial charge >= 0.3 is 11.9 Å². The molecule has 0 saturated carbocycles. The van der Waals surface area contributed by atoms with Gasteiger partial charge in [-0.15, -0.1) is 0 Å². The molecule has 6 nitrogen and oxygen atoms in total. The Balaban J connectivity index is 1.62. The van der Waals surface area contributed by atoms with E-state index >= 15 is 0 Å². The minimum Gasteiger partial charge on any atom is -0.469 e. The first-order chi connectivity index (χ1) is 20.6. The summed E-state index contributed by atoms with van der Waals surface area (Å²) >= 11 is 0. The monoisotopic (exact) mass is 556 g/mol. The zero-order valence-corrected chi connectivity index (χ0v) is 23.6. The Labute approximate surface area is 246 Å². The summed E-state index contributed by atoms with van der Waals surface area (Å²) in [6.07, 6.45) is 0.203. The molecule has 0 radical (unpaired) electrons. The topological polar surface area (TPSA) is 59.1 Å². The van der Waals surface area contributed by atoms with Crippen LogP contribution in [-0.2, 0) is 31.9 Å². The van der Waals surface area contributed by atoms with E-state index in [2.05, 4.69) is 58.3 Å². The van der Waals surface area contributed by atoms with Crippen molar-refractivity contribution < 1.29 is 19.1 Å². The van der Waals surface area contributed by atoms with E-state index in [1.807, 2.05) is 84.9 Å². The first-order valence-electron chi connectivity index (χ1n) is 13.7. The molecule has 0 aliphatic carbocycles. The summed E-state index contributed by atoms with van der Waals surface area (Å²) in [6.45, 7) is 0. The Morgan fingerprint density at radius 1 is 0.500 bits per heavy atom. The first kappa shape index (κ1) is 28.2. The third-order valence-electron chi connectivity index (χ3n) is 6.94. The highest BCUT2D eigenvalue weighted by Gasteiger charge is 2.20. The van der Waals surface area contributed by atoms with Crippen molar-refractivity contribution in [3.05, 3.63) is 145 Å². The zero-order chi connectivity index (χ0) is 29.3. The SMILES string of the molecule is COC(=O)Cc1ccc(CC(=O)OC)c(N(c2ccccc2)c2ccc(N(c3ccccc3)c3ccccc3)cc2)c1. The fourth-order valence-electron chi connectivity index (χ4n) is 4.90. The molecule has 5 rings (SSSR count). The maximum absolute atomic E-state index is 12.4. The van der Waals surface area contributed by atoms with Crippen LogP contribution in [0.25, 0.3) is 0 Å². The van der Waals surface area contributed by atoms with Gasteiger partial charge in [0, 0.05) is 28.4 Å². The molecule has 0 atom stereocenters. The van der Waals surface area contributed by atoms with Crippen molar-refractivity contribution in [1.29, 1.82) is 0 Å². The number of hydrogen-bond acceptors (Lipinski definition) is 6. The fourth-order valence-corrected chi connectivity index (χ4v) is 4.90. The van der Waals surface area contributed by atoms with E-state index < -0.39 is 0 Å². The maximum atomic E-state index is 12.4. The summed E-state index contributed by atoms with van der Waals surface area (Å²) in [7, 11) is 2.76. The standard InChI is InChI=1S/C36H32N2O4/c1-41-35(39)25-27-18-19-28(26-36(40)42-2)34(24-27)38(31-16-10-5-11-17-31)33-22-20-32(21-23-33)37(29-12-6-3-7-13-29)30-14-8-4-9-15-30/h3-24H,25-26H2,1-2H3. The summed E-state index contributed by atoms with van der Waals surface area (Å²) in [6, 6.07) is 44.4. The molecule has 6 heteroatoms. The van der Waals surface area contributed by atoms with Crippen molar-refractivity contribution in [3.63, 3.8) is 0 Å². The number of carbonyl (C=O) groups excluding carboxylic acids is 2. The highest BCUT2D eigenvalue weighted by Crippen LogP contribution is 2.40. The zero-order valence-electron chi connectivity index (χ0n) is 23.6. The van der Waals surface area contributed by atoms with Gasteiger partial charge in [0.05, 0.1) is 32.7 Å². The smallest absolute Gasteiger partial charge is 0.310 e. The number of benzene rings is 5. The second-order valence-electron chi connectivity index (χ2n) is 9.66. The van der Waals surface area contributed by atoms with Crippen molar-refractivity contribution >= 4 is 46.1 Å². The van der Waals surface area contributed by atoms with Crippen molar-refractivity contribution in [2.75, 3.05) is 24.0 Å². The number of rotatable bonds is 10. The molecule has 5 aromatic rings. The number of hydrogen-bond donors (Lipinski definition) is 0. The van der Waals surface area contributed by atoms with Crippen LogP contribution >= 0.6 is 0 Å². The van der Waals surface area contributed by atoms with Gasteiger partial charge in [0.1, 0.15) is 0 Å². The number of methoxy groups -OCH3 is 2. The van der Waals surface area contributed by atoms with Crippen LogP contribution in [0.4, 0.5) is 34.1 Å². The summed E-state index contributed by atoms with van der Waals surface area (Å²) < 4.78 is 9.91. The van der Waals surface area contributed by atoms with Crippen LogP contribution in [0.5, 0.6) is 0 Å². The molecule has 5 aromatic carbocycles. The summed E-state index contributed by atoms with van der Waals surface area (Å²) in [4.78, 5) is 28.8. The lowest BCUT2D eigenvalue weighted by molar-refractivity contribution is -0.140. The molecule has 0 aliphatic rings. The number of ether oxygens (including phenoxy) is 2. The van der Waals surface area contributed by atoms with Crippen molar-refractivity contribution in [3.8, 4) is 0 Å². The summed E-state index contributed by atoms with van der Waals surface area (Å²) in [5.41, 5.74) is 7.24. The molecular formula is C36H32N2O4. The predicted molar refractivity (Wildman–Crippen MR) is 167 cm³/mol. The lowest BCUT2D eigenvalue weighted by Gasteiger charge is -2.29. The first-order valence-corrected chi connectivity index (χ1v) is 13.7. The van der Waals surface area contributed by atoms with Gasteiger partial charge in [0.2, 0.25) is 0 Å². The van der Waals surface area contributed by atoms with Gasteiger partial charge in [-0.1, -0.05) is 66.7 Å². The van der Waals surface area contributed by atoms with Gasteiger partial charge in [0.15, 0.2) is 0 Å². The van der Waals surface area contributed by atoms with E-state index in [-0.39, 0.29) is 24.8 Å². The van der Waals surface area contributed by atoms with Gasteiger partial charge in [-0.25, -0.2) is 0 Å². The normalized spacial score (nSPS) is 10.5. The van der Waals surface area contributed by atoms with E-state index in [0.29, 0.717) is 0 Å². The second kappa shape index (κ2) is 13.3. The predicted octanol–water partition coefficient (Wildman–Crippen LogP) is 8.06. The summed E-state index contributed by atoms with van der Waals surface area (Å²) in [5.74, 6) is -0.680. The molecule has 0 amide bonds. The Morgan fingerprint density at radius 3 is 1.38 bits per heavy atom. The van der Waals surface area contributed by atoms with Crippen molar-refractivity contribution in [2.45, 2.75) is 12.8 Å². The van der Waals surface area contributed by atoms with Crippen LogP contribution in [0.2, 0.25) is 0 Å². The van der Waals surface area contributed by atoms with E-state index in [1.54, 1.807) is 0 Å². The van der Waals surface area contributed by atoms with Crippen LogP contribution in [0.3, 0.4) is 0 Å². The molecule has 42 heavy (non-hydrogen) atoms. The minimum absolute atomic E-state index is 0.0849. The molecular weight excluding hydrogens is 524 g/mol. The molecule has 0 aliphatic heterocycles. The van der Waals surface area contributed by atoms with Crippen LogP contribution in [0, 0.1) is 0 Å². The van der Waals surface area contributed by atoms with Gasteiger partial charge in [0.25, 0.3) is 0 Å². The average molecular weight is 557 g/mol. The average Bonchev–Trinajstić information content (AvgIpc) is 3.04. The minimum atomic E-state index is -0.346. The van der Waals surface area contributed by atoms with E-state index in [9.17, 15) is 9.59 Å². The van der Waals surface area contributed by atoms with Crippen LogP contribution in [0.1, 0.15) is 11.1 Å². The Morgan fingerprint density at radius 2 is 0.905 bits per heavy atom. The Bertz CT molecular complexity index is 1580. The van der Waals surface area contributed by atoms with Crippen LogP contribution in [0.15, 0.2) is 133 Å². The quantitative estimate of drug-likeness (QED) is 0.162. The van der Waals surface area contributed by atoms with Crippen molar-refractivity contribution in [2.24, 2.45) is 0 Å². The summed E-state index contributed by atoms with van der Waals surface area (Å²) in [5, 5.41) is 0. The number of carbonyl (C=O) groups is 2. The number of anilines is 6. The largest absolute Gasteiger partial charge is 0.469 e. The third kappa shape index (κ3) is 6.50. The lowest BCUT2D eigenvalue weighted by Crippen LogP contribution is -2.16. The third-order valence-corrected chi connectivity index (χ3v) is 6.94. The fraction of sp³-hybridized carbons (Fsp3) is 0.111. The molecule has 0 N–H and O–H groups in total. The number of nitrogens with zero attached hydrogens (tertiary/aromatic N) is 2. The Kier molecular flexibility index (Phi) is 8.94. The molecule has 0 heterocycles. The number of esters is 2. The maximum Gasteiger partial charge on any atom is 0.310 e. The molecule has 210 valence electrons.